The van der Waals surface area contributed by atoms with Crippen molar-refractivity contribution in [2.75, 3.05) is 26.4 Å². The van der Waals surface area contributed by atoms with Crippen LogP contribution >= 0.6 is 0 Å². The molecule has 2 unspecified atom stereocenters. The second-order valence-corrected chi connectivity index (χ2v) is 9.71. The first-order chi connectivity index (χ1) is 14.6. The maximum Gasteiger partial charge on any atom is 0.226 e. The molecule has 0 aromatic heterocycles. The smallest absolute Gasteiger partial charge is 0.226 e. The van der Waals surface area contributed by atoms with Crippen LogP contribution in [0.2, 0.25) is 0 Å². The molecule has 1 aromatic rings. The van der Waals surface area contributed by atoms with Crippen molar-refractivity contribution < 1.29 is 18.7 Å². The fourth-order valence-electron chi connectivity index (χ4n) is 5.93. The Kier molecular flexibility index (Phi) is 5.10. The number of hydrogen-bond acceptors (Lipinski definition) is 4. The molecule has 1 aromatic carbocycles. The van der Waals surface area contributed by atoms with Crippen molar-refractivity contribution in [3.8, 4) is 5.75 Å². The van der Waals surface area contributed by atoms with Crippen LogP contribution < -0.4 is 15.8 Å². The van der Waals surface area contributed by atoms with E-state index in [-0.39, 0.29) is 29.9 Å². The van der Waals surface area contributed by atoms with Crippen molar-refractivity contribution in [3.05, 3.63) is 41.7 Å². The normalized spacial score (nSPS) is 37.0. The fraction of sp³-hybridized carbons (Fsp3) is 0.625. The van der Waals surface area contributed by atoms with Gasteiger partial charge in [0.25, 0.3) is 0 Å². The molecule has 1 heterocycles. The van der Waals surface area contributed by atoms with Crippen LogP contribution in [0.1, 0.15) is 44.1 Å². The minimum atomic E-state index is -0.167. The van der Waals surface area contributed by atoms with Gasteiger partial charge in [0, 0.05) is 35.4 Å². The monoisotopic (exact) mass is 414 g/mol. The topological polar surface area (TPSA) is 73.6 Å². The average Bonchev–Trinajstić information content (AvgIpc) is 3.21. The number of nitrogens with one attached hydrogen (secondary N) is 1. The molecule has 4 aliphatic carbocycles. The quantitative estimate of drug-likeness (QED) is 0.719. The van der Waals surface area contributed by atoms with Gasteiger partial charge in [0.1, 0.15) is 12.4 Å². The van der Waals surface area contributed by atoms with Gasteiger partial charge in [0.2, 0.25) is 5.91 Å². The summed E-state index contributed by atoms with van der Waals surface area (Å²) in [5.74, 6) is 2.12. The molecule has 3 N–H and O–H groups in total. The Balaban J connectivity index is 1.19. The van der Waals surface area contributed by atoms with Crippen LogP contribution in [-0.2, 0) is 14.9 Å². The number of benzene rings is 1. The molecular weight excluding hydrogens is 383 g/mol. The van der Waals surface area contributed by atoms with E-state index in [4.69, 9.17) is 15.2 Å². The van der Waals surface area contributed by atoms with E-state index in [9.17, 15) is 9.18 Å². The van der Waals surface area contributed by atoms with Gasteiger partial charge in [0.15, 0.2) is 0 Å². The summed E-state index contributed by atoms with van der Waals surface area (Å²) in [6.07, 6.45) is 6.60. The van der Waals surface area contributed by atoms with E-state index >= 15 is 0 Å². The summed E-state index contributed by atoms with van der Waals surface area (Å²) >= 11 is 0. The molecule has 6 rings (SSSR count). The highest BCUT2D eigenvalue weighted by atomic mass is 19.1. The number of carbonyl (C=O) groups is 1. The summed E-state index contributed by atoms with van der Waals surface area (Å²) in [7, 11) is 0. The molecule has 1 amide bonds. The van der Waals surface area contributed by atoms with Crippen molar-refractivity contribution in [3.63, 3.8) is 0 Å². The van der Waals surface area contributed by atoms with Gasteiger partial charge < -0.3 is 20.5 Å². The van der Waals surface area contributed by atoms with E-state index in [1.807, 2.05) is 12.1 Å². The molecule has 1 saturated heterocycles. The number of rotatable bonds is 7. The van der Waals surface area contributed by atoms with Crippen LogP contribution in [0.15, 0.2) is 36.2 Å². The second kappa shape index (κ2) is 7.65. The lowest BCUT2D eigenvalue weighted by molar-refractivity contribution is -0.138. The van der Waals surface area contributed by atoms with Crippen molar-refractivity contribution in [1.82, 2.24) is 5.32 Å². The third-order valence-corrected chi connectivity index (χ3v) is 8.29. The predicted octanol–water partition coefficient (Wildman–Crippen LogP) is 3.23. The van der Waals surface area contributed by atoms with Crippen molar-refractivity contribution >= 4 is 5.91 Å². The summed E-state index contributed by atoms with van der Waals surface area (Å²) in [6.45, 7) is 1.94. The third-order valence-electron chi connectivity index (χ3n) is 8.29. The zero-order valence-electron chi connectivity index (χ0n) is 17.4. The maximum absolute atomic E-state index is 13.1. The highest BCUT2D eigenvalue weighted by Gasteiger charge is 2.58. The van der Waals surface area contributed by atoms with Gasteiger partial charge >= 0.3 is 0 Å². The van der Waals surface area contributed by atoms with Gasteiger partial charge in [-0.15, -0.1) is 0 Å². The molecule has 162 valence electrons. The van der Waals surface area contributed by atoms with Gasteiger partial charge in [-0.25, -0.2) is 4.39 Å². The lowest BCUT2D eigenvalue weighted by atomic mass is 9.51. The van der Waals surface area contributed by atoms with Crippen molar-refractivity contribution in [1.29, 1.82) is 0 Å². The molecule has 5 aliphatic rings. The van der Waals surface area contributed by atoms with Crippen LogP contribution in [0.25, 0.3) is 0 Å². The number of ether oxygens (including phenoxy) is 2. The van der Waals surface area contributed by atoms with Crippen LogP contribution in [-0.4, -0.2) is 38.3 Å². The molecule has 2 atom stereocenters. The maximum atomic E-state index is 13.1. The van der Waals surface area contributed by atoms with Gasteiger partial charge in [0.05, 0.1) is 19.5 Å². The summed E-state index contributed by atoms with van der Waals surface area (Å²) in [5, 5.41) is 3.36. The highest BCUT2D eigenvalue weighted by Crippen LogP contribution is 2.58. The van der Waals surface area contributed by atoms with E-state index in [0.29, 0.717) is 29.8 Å². The highest BCUT2D eigenvalue weighted by molar-refractivity contribution is 5.84. The van der Waals surface area contributed by atoms with Gasteiger partial charge in [-0.3, -0.25) is 4.79 Å². The van der Waals surface area contributed by atoms with Gasteiger partial charge in [-0.2, -0.15) is 0 Å². The number of nitrogens with two attached hydrogens (primary N) is 1. The zero-order valence-corrected chi connectivity index (χ0v) is 17.4. The number of halogens is 1. The number of hydrogen-bond donors (Lipinski definition) is 2. The summed E-state index contributed by atoms with van der Waals surface area (Å²) in [5.41, 5.74) is 7.25. The fourth-order valence-corrected chi connectivity index (χ4v) is 5.93. The largest absolute Gasteiger partial charge is 0.489 e. The Morgan fingerprint density at radius 1 is 1.13 bits per heavy atom. The first kappa shape index (κ1) is 20.0. The first-order valence-electron chi connectivity index (χ1n) is 11.2. The third kappa shape index (κ3) is 3.34. The van der Waals surface area contributed by atoms with E-state index in [1.54, 1.807) is 0 Å². The molecule has 6 heteroatoms. The predicted molar refractivity (Wildman–Crippen MR) is 112 cm³/mol. The summed E-state index contributed by atoms with van der Waals surface area (Å²) in [6, 6.07) is 8.57. The molecule has 0 spiro atoms. The van der Waals surface area contributed by atoms with Gasteiger partial charge in [-0.05, 0) is 61.6 Å². The molecular formula is C24H31FN2O3. The number of amides is 1. The van der Waals surface area contributed by atoms with E-state index in [1.165, 1.54) is 5.56 Å². The molecule has 30 heavy (non-hydrogen) atoms. The lowest BCUT2D eigenvalue weighted by Crippen LogP contribution is -2.52. The van der Waals surface area contributed by atoms with Crippen LogP contribution in [0.4, 0.5) is 4.39 Å². The Morgan fingerprint density at radius 2 is 1.77 bits per heavy atom. The Bertz CT molecular complexity index is 803. The minimum absolute atomic E-state index is 0.156. The van der Waals surface area contributed by atoms with E-state index < -0.39 is 0 Å². The molecule has 2 bridgehead atoms. The SMILES string of the molecule is NC/C(=C\F)COc1ccc(C23CCC(C(=O)NC4C5COCC54)(CC2)CC3)cc1. The average molecular weight is 415 g/mol. The van der Waals surface area contributed by atoms with E-state index in [2.05, 4.69) is 17.4 Å². The lowest BCUT2D eigenvalue weighted by Gasteiger charge is -2.53. The van der Waals surface area contributed by atoms with Crippen molar-refractivity contribution in [2.45, 2.75) is 50.0 Å². The zero-order chi connectivity index (χ0) is 20.8. The molecule has 0 radical (unpaired) electrons. The molecule has 1 aliphatic heterocycles. The van der Waals surface area contributed by atoms with Crippen LogP contribution in [0.5, 0.6) is 5.75 Å². The number of fused-ring (bicyclic) bond motifs is 4. The molecule has 5 nitrogen and oxygen atoms in total. The first-order valence-corrected chi connectivity index (χ1v) is 11.2. The second-order valence-electron chi connectivity index (χ2n) is 9.71. The number of carbonyl (C=O) groups excluding carboxylic acids is 1. The Labute approximate surface area is 177 Å². The van der Waals surface area contributed by atoms with Crippen LogP contribution in [0, 0.1) is 17.3 Å². The summed E-state index contributed by atoms with van der Waals surface area (Å²) < 4.78 is 23.7. The van der Waals surface area contributed by atoms with Crippen LogP contribution in [0.3, 0.4) is 0 Å². The minimum Gasteiger partial charge on any atom is -0.489 e. The van der Waals surface area contributed by atoms with Crippen molar-refractivity contribution in [2.24, 2.45) is 23.0 Å². The molecule has 4 saturated carbocycles. The Hall–Kier alpha value is -1.92. The molecule has 5 fully saturated rings. The van der Waals surface area contributed by atoms with Gasteiger partial charge in [-0.1, -0.05) is 12.1 Å². The standard InChI is InChI=1S/C24H31FN2O3/c25-11-16(12-26)13-30-18-3-1-17(2-4-18)23-5-8-24(9-6-23,10-7-23)22(28)27-21-19-14-29-15-20(19)21/h1-4,11,19-21H,5-10,12-15,26H2,(H,27,28)/b16-11+. The van der Waals surface area contributed by atoms with E-state index in [0.717, 1.165) is 57.5 Å². The Morgan fingerprint density at radius 3 is 2.33 bits per heavy atom. The summed E-state index contributed by atoms with van der Waals surface area (Å²) in [4.78, 5) is 13.1.